The maximum atomic E-state index is 5.69. The Bertz CT molecular complexity index is 397. The average molecular weight is 262 g/mol. The molecule has 0 spiro atoms. The van der Waals surface area contributed by atoms with Crippen molar-refractivity contribution in [1.82, 2.24) is 10.2 Å². The van der Waals surface area contributed by atoms with E-state index >= 15 is 0 Å². The lowest BCUT2D eigenvalue weighted by molar-refractivity contribution is 0.284. The van der Waals surface area contributed by atoms with Crippen molar-refractivity contribution in [2.24, 2.45) is 5.92 Å². The van der Waals surface area contributed by atoms with Crippen LogP contribution in [0.4, 0.5) is 0 Å². The van der Waals surface area contributed by atoms with E-state index < -0.39 is 0 Å². The Hall–Kier alpha value is -0.800. The third kappa shape index (κ3) is 3.83. The first-order valence-electron chi connectivity index (χ1n) is 7.85. The van der Waals surface area contributed by atoms with Crippen molar-refractivity contribution in [3.63, 3.8) is 0 Å². The molecular formula is C16H26N2O. The molecule has 1 unspecified atom stereocenters. The first-order valence-corrected chi connectivity index (χ1v) is 7.85. The zero-order valence-electron chi connectivity index (χ0n) is 12.0. The van der Waals surface area contributed by atoms with Gasteiger partial charge in [-0.15, -0.1) is 0 Å². The van der Waals surface area contributed by atoms with Gasteiger partial charge in [-0.25, -0.2) is 0 Å². The molecule has 2 aliphatic rings. The Labute approximate surface area is 116 Å². The molecule has 0 amide bonds. The van der Waals surface area contributed by atoms with Crippen molar-refractivity contribution < 1.29 is 4.42 Å². The van der Waals surface area contributed by atoms with E-state index in [0.717, 1.165) is 30.8 Å². The lowest BCUT2D eigenvalue weighted by atomic mass is 10.0. The molecule has 1 aliphatic heterocycles. The second-order valence-electron chi connectivity index (χ2n) is 6.25. The van der Waals surface area contributed by atoms with Gasteiger partial charge < -0.3 is 9.73 Å². The zero-order chi connectivity index (χ0) is 13.1. The monoisotopic (exact) mass is 262 g/mol. The summed E-state index contributed by atoms with van der Waals surface area (Å²) in [6.45, 7) is 6.73. The largest absolute Gasteiger partial charge is 0.468 e. The van der Waals surface area contributed by atoms with Crippen molar-refractivity contribution in [2.45, 2.75) is 58.2 Å². The molecule has 19 heavy (non-hydrogen) atoms. The number of nitrogens with zero attached hydrogens (tertiary/aromatic N) is 1. The number of hydrogen-bond acceptors (Lipinski definition) is 3. The Morgan fingerprint density at radius 3 is 3.05 bits per heavy atom. The van der Waals surface area contributed by atoms with Crippen LogP contribution >= 0.6 is 0 Å². The van der Waals surface area contributed by atoms with Gasteiger partial charge in [0.2, 0.25) is 0 Å². The summed E-state index contributed by atoms with van der Waals surface area (Å²) >= 11 is 0. The fourth-order valence-corrected chi connectivity index (χ4v) is 3.07. The van der Waals surface area contributed by atoms with Crippen molar-refractivity contribution in [1.29, 1.82) is 0 Å². The lowest BCUT2D eigenvalue weighted by Gasteiger charge is -2.13. The van der Waals surface area contributed by atoms with Gasteiger partial charge in [-0.2, -0.15) is 0 Å². The molecule has 1 saturated heterocycles. The molecule has 1 atom stereocenters. The van der Waals surface area contributed by atoms with Crippen LogP contribution < -0.4 is 5.32 Å². The van der Waals surface area contributed by atoms with E-state index in [1.54, 1.807) is 0 Å². The molecule has 0 radical (unpaired) electrons. The Kier molecular flexibility index (Phi) is 4.24. The number of nitrogens with one attached hydrogen (secondary N) is 1. The second kappa shape index (κ2) is 6.10. The molecule has 1 saturated carbocycles. The highest BCUT2D eigenvalue weighted by atomic mass is 16.3. The third-order valence-electron chi connectivity index (χ3n) is 4.33. The highest BCUT2D eigenvalue weighted by Gasteiger charge is 2.23. The van der Waals surface area contributed by atoms with Crippen molar-refractivity contribution in [3.8, 4) is 0 Å². The minimum atomic E-state index is 0.770. The molecule has 1 aliphatic carbocycles. The standard InChI is InChI=1S/C16H26N2O/c1-2-3-13-6-7-18(10-13)11-16-8-14(12-19-16)9-17-15-4-5-15/h8,12-13,15,17H,2-7,9-11H2,1H3. The van der Waals surface area contributed by atoms with Gasteiger partial charge in [-0.05, 0) is 44.2 Å². The number of hydrogen-bond donors (Lipinski definition) is 1. The van der Waals surface area contributed by atoms with Crippen LogP contribution in [-0.4, -0.2) is 24.0 Å². The summed E-state index contributed by atoms with van der Waals surface area (Å²) in [5.41, 5.74) is 1.30. The van der Waals surface area contributed by atoms with Gasteiger partial charge in [0, 0.05) is 24.7 Å². The maximum Gasteiger partial charge on any atom is 0.118 e. The van der Waals surface area contributed by atoms with Crippen LogP contribution in [0.15, 0.2) is 16.7 Å². The Morgan fingerprint density at radius 1 is 1.37 bits per heavy atom. The molecule has 1 aromatic rings. The summed E-state index contributed by atoms with van der Waals surface area (Å²) in [5, 5.41) is 3.53. The normalized spacial score (nSPS) is 24.2. The summed E-state index contributed by atoms with van der Waals surface area (Å²) in [4.78, 5) is 2.54. The van der Waals surface area contributed by atoms with Gasteiger partial charge in [0.25, 0.3) is 0 Å². The summed E-state index contributed by atoms with van der Waals surface area (Å²) in [6, 6.07) is 2.99. The fourth-order valence-electron chi connectivity index (χ4n) is 3.07. The number of furan rings is 1. The predicted octanol–water partition coefficient (Wildman–Crippen LogP) is 3.15. The molecule has 2 heterocycles. The molecule has 1 aromatic heterocycles. The summed E-state index contributed by atoms with van der Waals surface area (Å²) in [7, 11) is 0. The maximum absolute atomic E-state index is 5.69. The van der Waals surface area contributed by atoms with Crippen LogP contribution in [0.3, 0.4) is 0 Å². The summed E-state index contributed by atoms with van der Waals surface area (Å²) < 4.78 is 5.69. The van der Waals surface area contributed by atoms with Crippen LogP contribution in [0.1, 0.15) is 50.4 Å². The smallest absolute Gasteiger partial charge is 0.118 e. The molecular weight excluding hydrogens is 236 g/mol. The topological polar surface area (TPSA) is 28.4 Å². The lowest BCUT2D eigenvalue weighted by Crippen LogP contribution is -2.19. The molecule has 2 fully saturated rings. The van der Waals surface area contributed by atoms with E-state index in [1.807, 2.05) is 6.26 Å². The van der Waals surface area contributed by atoms with E-state index in [9.17, 15) is 0 Å². The van der Waals surface area contributed by atoms with Crippen molar-refractivity contribution in [2.75, 3.05) is 13.1 Å². The number of likely N-dealkylation sites (tertiary alicyclic amines) is 1. The molecule has 0 aromatic carbocycles. The Balaban J connectivity index is 1.44. The van der Waals surface area contributed by atoms with Gasteiger partial charge in [0.15, 0.2) is 0 Å². The van der Waals surface area contributed by atoms with Gasteiger partial charge in [0.05, 0.1) is 12.8 Å². The third-order valence-corrected chi connectivity index (χ3v) is 4.33. The van der Waals surface area contributed by atoms with E-state index in [-0.39, 0.29) is 0 Å². The van der Waals surface area contributed by atoms with Crippen LogP contribution in [-0.2, 0) is 13.1 Å². The highest BCUT2D eigenvalue weighted by molar-refractivity contribution is 5.13. The van der Waals surface area contributed by atoms with E-state index in [1.165, 1.54) is 50.8 Å². The molecule has 3 heteroatoms. The minimum Gasteiger partial charge on any atom is -0.468 e. The van der Waals surface area contributed by atoms with Crippen molar-refractivity contribution >= 4 is 0 Å². The zero-order valence-corrected chi connectivity index (χ0v) is 12.0. The van der Waals surface area contributed by atoms with Gasteiger partial charge in [-0.3, -0.25) is 4.90 Å². The van der Waals surface area contributed by atoms with Crippen LogP contribution in [0.5, 0.6) is 0 Å². The minimum absolute atomic E-state index is 0.770. The fraction of sp³-hybridized carbons (Fsp3) is 0.750. The molecule has 1 N–H and O–H groups in total. The quantitative estimate of drug-likeness (QED) is 0.818. The molecule has 106 valence electrons. The average Bonchev–Trinajstić information content (AvgIpc) is 2.97. The first kappa shape index (κ1) is 13.2. The van der Waals surface area contributed by atoms with Gasteiger partial charge in [0.1, 0.15) is 5.76 Å². The molecule has 3 nitrogen and oxygen atoms in total. The predicted molar refractivity (Wildman–Crippen MR) is 76.9 cm³/mol. The van der Waals surface area contributed by atoms with Crippen LogP contribution in [0, 0.1) is 5.92 Å². The SMILES string of the molecule is CCCC1CCN(Cc2cc(CNC3CC3)co2)C1. The van der Waals surface area contributed by atoms with Crippen molar-refractivity contribution in [3.05, 3.63) is 23.7 Å². The van der Waals surface area contributed by atoms with E-state index in [4.69, 9.17) is 4.42 Å². The van der Waals surface area contributed by atoms with Crippen LogP contribution in [0.2, 0.25) is 0 Å². The van der Waals surface area contributed by atoms with Gasteiger partial charge >= 0.3 is 0 Å². The summed E-state index contributed by atoms with van der Waals surface area (Å²) in [6.07, 6.45) is 8.67. The van der Waals surface area contributed by atoms with Gasteiger partial charge in [-0.1, -0.05) is 13.3 Å². The summed E-state index contributed by atoms with van der Waals surface area (Å²) in [5.74, 6) is 2.04. The molecule has 0 bridgehead atoms. The number of rotatable bonds is 7. The highest BCUT2D eigenvalue weighted by Crippen LogP contribution is 2.23. The Morgan fingerprint density at radius 2 is 2.26 bits per heavy atom. The van der Waals surface area contributed by atoms with Crippen LogP contribution in [0.25, 0.3) is 0 Å². The van der Waals surface area contributed by atoms with E-state index in [0.29, 0.717) is 0 Å². The first-order chi connectivity index (χ1) is 9.33. The van der Waals surface area contributed by atoms with E-state index in [2.05, 4.69) is 23.2 Å². The molecule has 3 rings (SSSR count). The second-order valence-corrected chi connectivity index (χ2v) is 6.25.